The average molecular weight is 529 g/mol. The lowest BCUT2D eigenvalue weighted by Gasteiger charge is -2.18. The standard InChI is InChI=1S/C22H26N2O4S.C2HF3O2/c1-16-4-2-6-20(14-16)29(26,27)24-18-9-7-17(8-10-18)22(11-12-22)21(25)23-15-19-5-3-13-28-19;3-2(4,5)1(6)7/h2,4,6-10,14,19,24H,3,5,11-13,15H2,1H3,(H,23,25);(H,6,7). The number of sulfonamides is 1. The van der Waals surface area contributed by atoms with Crippen LogP contribution in [0.5, 0.6) is 0 Å². The Kier molecular flexibility index (Phi) is 8.29. The average Bonchev–Trinajstić information content (AvgIpc) is 3.45. The molecular formula is C24H27F3N2O6S. The Balaban J connectivity index is 0.000000454. The second kappa shape index (κ2) is 10.9. The van der Waals surface area contributed by atoms with Gasteiger partial charge in [-0.2, -0.15) is 13.2 Å². The molecule has 3 N–H and O–H groups in total. The highest BCUT2D eigenvalue weighted by Gasteiger charge is 2.51. The highest BCUT2D eigenvalue weighted by molar-refractivity contribution is 7.92. The fourth-order valence-corrected chi connectivity index (χ4v) is 4.97. The van der Waals surface area contributed by atoms with Gasteiger partial charge in [-0.25, -0.2) is 13.2 Å². The van der Waals surface area contributed by atoms with Gasteiger partial charge >= 0.3 is 12.1 Å². The summed E-state index contributed by atoms with van der Waals surface area (Å²) in [5.41, 5.74) is 1.78. The zero-order valence-corrected chi connectivity index (χ0v) is 20.3. The molecule has 1 heterocycles. The van der Waals surface area contributed by atoms with Crippen LogP contribution in [0.15, 0.2) is 53.4 Å². The Hall–Kier alpha value is -3.12. The van der Waals surface area contributed by atoms with Crippen molar-refractivity contribution in [2.75, 3.05) is 17.9 Å². The fraction of sp³-hybridized carbons (Fsp3) is 0.417. The topological polar surface area (TPSA) is 122 Å². The van der Waals surface area contributed by atoms with Crippen molar-refractivity contribution in [3.63, 3.8) is 0 Å². The van der Waals surface area contributed by atoms with Crippen molar-refractivity contribution in [2.24, 2.45) is 0 Å². The van der Waals surface area contributed by atoms with Crippen LogP contribution in [0, 0.1) is 6.92 Å². The Morgan fingerprint density at radius 1 is 1.14 bits per heavy atom. The number of ether oxygens (including phenoxy) is 1. The molecular weight excluding hydrogens is 501 g/mol. The van der Waals surface area contributed by atoms with Crippen LogP contribution in [-0.4, -0.2) is 50.8 Å². The highest BCUT2D eigenvalue weighted by atomic mass is 32.2. The van der Waals surface area contributed by atoms with Gasteiger partial charge in [0, 0.05) is 18.8 Å². The first kappa shape index (κ1) is 27.5. The number of aryl methyl sites for hydroxylation is 1. The van der Waals surface area contributed by atoms with E-state index >= 15 is 0 Å². The second-order valence-corrected chi connectivity index (χ2v) is 10.4. The molecule has 2 aromatic carbocycles. The van der Waals surface area contributed by atoms with Gasteiger partial charge in [-0.05, 0) is 68.0 Å². The molecule has 196 valence electrons. The lowest BCUT2D eigenvalue weighted by Crippen LogP contribution is -2.39. The Morgan fingerprint density at radius 2 is 1.78 bits per heavy atom. The highest BCUT2D eigenvalue weighted by Crippen LogP contribution is 2.48. The molecule has 0 aromatic heterocycles. The number of hydrogen-bond donors (Lipinski definition) is 3. The Bertz CT molecular complexity index is 1190. The van der Waals surface area contributed by atoms with Crippen molar-refractivity contribution in [1.29, 1.82) is 0 Å². The lowest BCUT2D eigenvalue weighted by atomic mass is 9.94. The lowest BCUT2D eigenvalue weighted by molar-refractivity contribution is -0.192. The van der Waals surface area contributed by atoms with Crippen molar-refractivity contribution < 1.29 is 41.0 Å². The maximum absolute atomic E-state index is 12.7. The predicted molar refractivity (Wildman–Crippen MR) is 125 cm³/mol. The molecule has 1 unspecified atom stereocenters. The van der Waals surface area contributed by atoms with Crippen LogP contribution >= 0.6 is 0 Å². The number of alkyl halides is 3. The molecule has 0 spiro atoms. The summed E-state index contributed by atoms with van der Waals surface area (Å²) in [6, 6.07) is 13.9. The first-order valence-electron chi connectivity index (χ1n) is 11.2. The Morgan fingerprint density at radius 3 is 2.28 bits per heavy atom. The second-order valence-electron chi connectivity index (χ2n) is 8.73. The summed E-state index contributed by atoms with van der Waals surface area (Å²) in [6.45, 7) is 3.17. The van der Waals surface area contributed by atoms with E-state index in [0.29, 0.717) is 12.2 Å². The quantitative estimate of drug-likeness (QED) is 0.503. The molecule has 1 saturated heterocycles. The van der Waals surface area contributed by atoms with Crippen LogP contribution < -0.4 is 10.0 Å². The minimum absolute atomic E-state index is 0.0288. The van der Waals surface area contributed by atoms with E-state index in [4.69, 9.17) is 14.6 Å². The van der Waals surface area contributed by atoms with E-state index in [1.165, 1.54) is 0 Å². The molecule has 8 nitrogen and oxygen atoms in total. The fourth-order valence-electron chi connectivity index (χ4n) is 3.81. The van der Waals surface area contributed by atoms with Gasteiger partial charge in [0.1, 0.15) is 0 Å². The molecule has 2 aliphatic rings. The van der Waals surface area contributed by atoms with Gasteiger partial charge in [0.05, 0.1) is 16.4 Å². The number of nitrogens with one attached hydrogen (secondary N) is 2. The van der Waals surface area contributed by atoms with Gasteiger partial charge in [-0.3, -0.25) is 9.52 Å². The van der Waals surface area contributed by atoms with Crippen LogP contribution in [0.2, 0.25) is 0 Å². The van der Waals surface area contributed by atoms with E-state index < -0.39 is 27.6 Å². The van der Waals surface area contributed by atoms with E-state index in [1.54, 1.807) is 30.3 Å². The zero-order chi connectivity index (χ0) is 26.6. The number of halogens is 3. The van der Waals surface area contributed by atoms with Crippen LogP contribution in [0.3, 0.4) is 0 Å². The van der Waals surface area contributed by atoms with Gasteiger partial charge in [0.15, 0.2) is 0 Å². The third-order valence-corrected chi connectivity index (χ3v) is 7.31. The molecule has 12 heteroatoms. The smallest absolute Gasteiger partial charge is 0.475 e. The number of carbonyl (C=O) groups excluding carboxylic acids is 1. The van der Waals surface area contributed by atoms with Crippen molar-refractivity contribution >= 4 is 27.6 Å². The summed E-state index contributed by atoms with van der Waals surface area (Å²) in [4.78, 5) is 21.9. The number of rotatable bonds is 7. The number of amides is 1. The summed E-state index contributed by atoms with van der Waals surface area (Å²) in [6.07, 6.45) is -1.32. The molecule has 1 atom stereocenters. The maximum Gasteiger partial charge on any atom is 0.490 e. The molecule has 4 rings (SSSR count). The van der Waals surface area contributed by atoms with Gasteiger partial charge in [0.2, 0.25) is 5.91 Å². The molecule has 2 aromatic rings. The monoisotopic (exact) mass is 528 g/mol. The van der Waals surface area contributed by atoms with E-state index in [2.05, 4.69) is 10.0 Å². The molecule has 0 radical (unpaired) electrons. The number of aliphatic carboxylic acids is 1. The molecule has 1 aliphatic heterocycles. The largest absolute Gasteiger partial charge is 0.490 e. The summed E-state index contributed by atoms with van der Waals surface area (Å²) >= 11 is 0. The minimum atomic E-state index is -5.08. The van der Waals surface area contributed by atoms with Crippen molar-refractivity contribution in [3.05, 3.63) is 59.7 Å². The molecule has 1 aliphatic carbocycles. The van der Waals surface area contributed by atoms with E-state index in [-0.39, 0.29) is 16.9 Å². The number of hydrogen-bond acceptors (Lipinski definition) is 5. The van der Waals surface area contributed by atoms with Crippen molar-refractivity contribution in [2.45, 2.75) is 55.2 Å². The normalized spacial score (nSPS) is 18.5. The van der Waals surface area contributed by atoms with Crippen molar-refractivity contribution in [3.8, 4) is 0 Å². The number of carbonyl (C=O) groups is 2. The molecule has 36 heavy (non-hydrogen) atoms. The van der Waals surface area contributed by atoms with E-state index in [9.17, 15) is 26.4 Å². The van der Waals surface area contributed by atoms with Gasteiger partial charge in [-0.15, -0.1) is 0 Å². The predicted octanol–water partition coefficient (Wildman–Crippen LogP) is 3.76. The van der Waals surface area contributed by atoms with E-state index in [1.807, 2.05) is 25.1 Å². The van der Waals surface area contributed by atoms with Crippen LogP contribution in [0.25, 0.3) is 0 Å². The van der Waals surface area contributed by atoms with Crippen LogP contribution in [-0.2, 0) is 29.8 Å². The first-order valence-corrected chi connectivity index (χ1v) is 12.7. The maximum atomic E-state index is 12.7. The molecule has 1 saturated carbocycles. The summed E-state index contributed by atoms with van der Waals surface area (Å²) < 4.78 is 65.1. The Labute approximate surface area is 206 Å². The first-order chi connectivity index (χ1) is 16.8. The number of carboxylic acids is 1. The number of benzene rings is 2. The number of carboxylic acid groups (broad SMARTS) is 1. The summed E-state index contributed by atoms with van der Waals surface area (Å²) in [7, 11) is -3.65. The van der Waals surface area contributed by atoms with Crippen LogP contribution in [0.4, 0.5) is 18.9 Å². The molecule has 1 amide bonds. The SMILES string of the molecule is Cc1cccc(S(=O)(=O)Nc2ccc(C3(C(=O)NCC4CCCO4)CC3)cc2)c1.O=C(O)C(F)(F)F. The van der Waals surface area contributed by atoms with Crippen LogP contribution in [0.1, 0.15) is 36.8 Å². The molecule has 0 bridgehead atoms. The van der Waals surface area contributed by atoms with Crippen molar-refractivity contribution in [1.82, 2.24) is 5.32 Å². The third kappa shape index (κ3) is 6.97. The van der Waals surface area contributed by atoms with E-state index in [0.717, 1.165) is 43.4 Å². The summed E-state index contributed by atoms with van der Waals surface area (Å²) in [5.74, 6) is -2.73. The zero-order valence-electron chi connectivity index (χ0n) is 19.5. The van der Waals surface area contributed by atoms with Gasteiger partial charge < -0.3 is 15.2 Å². The third-order valence-electron chi connectivity index (χ3n) is 5.93. The number of anilines is 1. The summed E-state index contributed by atoms with van der Waals surface area (Å²) in [5, 5.41) is 10.2. The van der Waals surface area contributed by atoms with Gasteiger partial charge in [0.25, 0.3) is 10.0 Å². The molecule has 2 fully saturated rings. The van der Waals surface area contributed by atoms with Gasteiger partial charge in [-0.1, -0.05) is 24.3 Å². The minimum Gasteiger partial charge on any atom is -0.475 e.